The van der Waals surface area contributed by atoms with E-state index in [-0.39, 0.29) is 24.8 Å². The minimum atomic E-state index is -2.00. The summed E-state index contributed by atoms with van der Waals surface area (Å²) in [7, 11) is 0.988. The summed E-state index contributed by atoms with van der Waals surface area (Å²) in [5.41, 5.74) is 0. The molecule has 0 aliphatic rings. The molecule has 0 nitrogen and oxygen atoms in total. The van der Waals surface area contributed by atoms with Crippen molar-refractivity contribution >= 4 is 11.8 Å². The van der Waals surface area contributed by atoms with Crippen LogP contribution in [0, 0.1) is 0 Å². The van der Waals surface area contributed by atoms with Crippen molar-refractivity contribution in [2.45, 2.75) is 20.9 Å². The van der Waals surface area contributed by atoms with Crippen LogP contribution in [0.2, 0.25) is 20.9 Å². The van der Waals surface area contributed by atoms with Gasteiger partial charge in [0.1, 0.15) is 0 Å². The summed E-state index contributed by atoms with van der Waals surface area (Å²) in [6.07, 6.45) is 0. The minimum Gasteiger partial charge on any atom is -1.00 e. The fourth-order valence-corrected chi connectivity index (χ4v) is 6.38. The molecule has 0 fully saturated rings. The number of rotatable bonds is 1. The van der Waals surface area contributed by atoms with E-state index in [1.54, 1.807) is 3.60 Å². The number of halogens is 2. The molecule has 1 atom stereocenters. The van der Waals surface area contributed by atoms with Gasteiger partial charge in [0.2, 0.25) is 0 Å². The standard InChI is InChI=1S/C4H4P.4CH3.2ClH.Ti/c1-2-4-5-3-1;;;;;;;/h1-3,5H;4*1H3;2*1H;/q;;;;;;;+2/p-2. The van der Waals surface area contributed by atoms with E-state index < -0.39 is 15.3 Å². The van der Waals surface area contributed by atoms with E-state index in [1.807, 2.05) is 0 Å². The van der Waals surface area contributed by atoms with Gasteiger partial charge < -0.3 is 24.8 Å². The molecular weight excluding hydrogens is 246 g/mol. The zero-order valence-corrected chi connectivity index (χ0v) is 12.1. The normalized spacial score (nSPS) is 12.1. The molecule has 0 N–H and O–H groups in total. The maximum absolute atomic E-state index is 2.48. The summed E-state index contributed by atoms with van der Waals surface area (Å²) in [6.45, 7) is 0. The molecule has 1 heterocycles. The van der Waals surface area contributed by atoms with Gasteiger partial charge in [-0.25, -0.2) is 0 Å². The Morgan fingerprint density at radius 1 is 1.08 bits per heavy atom. The third kappa shape index (κ3) is 4.35. The van der Waals surface area contributed by atoms with Crippen molar-refractivity contribution in [3.63, 3.8) is 0 Å². The van der Waals surface area contributed by atoms with E-state index in [1.165, 1.54) is 0 Å². The summed E-state index contributed by atoms with van der Waals surface area (Å²) in [6, 6.07) is 4.53. The van der Waals surface area contributed by atoms with E-state index in [0.717, 1.165) is 8.19 Å². The Morgan fingerprint density at radius 3 is 1.75 bits per heavy atom. The molecule has 0 amide bonds. The van der Waals surface area contributed by atoms with Crippen LogP contribution in [0.4, 0.5) is 0 Å². The molecule has 71 valence electrons. The van der Waals surface area contributed by atoms with Crippen molar-refractivity contribution in [2.75, 3.05) is 0 Å². The Balaban J connectivity index is 0. The van der Waals surface area contributed by atoms with Crippen LogP contribution in [-0.2, 0) is 15.3 Å². The van der Waals surface area contributed by atoms with E-state index in [9.17, 15) is 0 Å². The third-order valence-electron chi connectivity index (χ3n) is 1.68. The van der Waals surface area contributed by atoms with Crippen molar-refractivity contribution in [1.82, 2.24) is 0 Å². The molecule has 0 bridgehead atoms. The fourth-order valence-electron chi connectivity index (χ4n) is 0.952. The van der Waals surface area contributed by atoms with Gasteiger partial charge in [-0.15, -0.1) is 0 Å². The number of hydrogen-bond donors (Lipinski definition) is 0. The van der Waals surface area contributed by atoms with Crippen LogP contribution in [0.3, 0.4) is 0 Å². The summed E-state index contributed by atoms with van der Waals surface area (Å²) >= 11 is -2.00. The average molecular weight is 262 g/mol. The van der Waals surface area contributed by atoms with Gasteiger partial charge in [-0.3, -0.25) is 0 Å². The van der Waals surface area contributed by atoms with Crippen molar-refractivity contribution in [3.05, 3.63) is 17.9 Å². The quantitative estimate of drug-likeness (QED) is 0.481. The van der Waals surface area contributed by atoms with Crippen molar-refractivity contribution < 1.29 is 40.1 Å². The minimum absolute atomic E-state index is 0. The predicted molar refractivity (Wildman–Crippen MR) is 49.0 cm³/mol. The van der Waals surface area contributed by atoms with E-state index >= 15 is 0 Å². The van der Waals surface area contributed by atoms with E-state index in [2.05, 4.69) is 38.8 Å². The smallest absolute Gasteiger partial charge is 1.00 e. The molecule has 0 spiro atoms. The average Bonchev–Trinajstić information content (AvgIpc) is 2.04. The van der Waals surface area contributed by atoms with Crippen LogP contribution in [0.15, 0.2) is 17.9 Å². The summed E-state index contributed by atoms with van der Waals surface area (Å²) in [5, 5.41) is 9.90. The Labute approximate surface area is 90.3 Å². The SMILES string of the molecule is [CH3][Ti+2]([CH3])([CH3])([CH3])[c]1ccc[pH]1.[Cl-].[Cl-]. The van der Waals surface area contributed by atoms with Crippen molar-refractivity contribution in [2.24, 2.45) is 0 Å². The van der Waals surface area contributed by atoms with Gasteiger partial charge in [-0.05, 0) is 0 Å². The second-order valence-corrected chi connectivity index (χ2v) is 20.4. The molecule has 0 saturated heterocycles. The molecule has 0 radical (unpaired) electrons. The molecule has 12 heavy (non-hydrogen) atoms. The third-order valence-corrected chi connectivity index (χ3v) is 10.9. The Hall–Kier alpha value is 1.07. The predicted octanol–water partition coefficient (Wildman–Crippen LogP) is -2.77. The maximum Gasteiger partial charge on any atom is -1.00 e. The van der Waals surface area contributed by atoms with Gasteiger partial charge >= 0.3 is 65.9 Å². The monoisotopic (exact) mass is 261 g/mol. The fraction of sp³-hybridized carbons (Fsp3) is 0.500. The van der Waals surface area contributed by atoms with Gasteiger partial charge in [-0.1, -0.05) is 0 Å². The summed E-state index contributed by atoms with van der Waals surface area (Å²) < 4.78 is 1.75. The molecule has 0 aliphatic carbocycles. The molecular formula is C8H16Cl2PTi. The topological polar surface area (TPSA) is 0 Å². The molecule has 1 rings (SSSR count). The van der Waals surface area contributed by atoms with E-state index in [4.69, 9.17) is 0 Å². The van der Waals surface area contributed by atoms with Gasteiger partial charge in [0.25, 0.3) is 0 Å². The zero-order chi connectivity index (χ0) is 7.85. The van der Waals surface area contributed by atoms with Crippen LogP contribution in [0.25, 0.3) is 0 Å². The Kier molecular flexibility index (Phi) is 5.87. The van der Waals surface area contributed by atoms with Crippen LogP contribution in [-0.4, -0.2) is 0 Å². The van der Waals surface area contributed by atoms with Crippen LogP contribution in [0.1, 0.15) is 0 Å². The van der Waals surface area contributed by atoms with Gasteiger partial charge in [0.15, 0.2) is 0 Å². The number of hydrogen-bond acceptors (Lipinski definition) is 0. The second kappa shape index (κ2) is 4.53. The van der Waals surface area contributed by atoms with Crippen molar-refractivity contribution in [1.29, 1.82) is 0 Å². The van der Waals surface area contributed by atoms with Crippen LogP contribution in [0.5, 0.6) is 0 Å². The van der Waals surface area contributed by atoms with Crippen molar-refractivity contribution in [3.8, 4) is 0 Å². The Morgan fingerprint density at radius 2 is 1.58 bits per heavy atom. The first kappa shape index (κ1) is 15.5. The molecule has 4 heteroatoms. The molecule has 0 aliphatic heterocycles. The molecule has 0 aromatic carbocycles. The summed E-state index contributed by atoms with van der Waals surface area (Å²) in [4.78, 5) is 0. The first-order valence-electron chi connectivity index (χ1n) is 3.74. The largest absolute Gasteiger partial charge is 1.00 e. The van der Waals surface area contributed by atoms with Crippen LogP contribution >= 0.6 is 8.19 Å². The molecule has 1 aromatic rings. The Bertz CT molecular complexity index is 214. The van der Waals surface area contributed by atoms with Gasteiger partial charge in [-0.2, -0.15) is 0 Å². The van der Waals surface area contributed by atoms with E-state index in [0.29, 0.717) is 0 Å². The van der Waals surface area contributed by atoms with Crippen LogP contribution < -0.4 is 28.4 Å². The molecule has 1 aromatic heterocycles. The van der Waals surface area contributed by atoms with Gasteiger partial charge in [0, 0.05) is 0 Å². The molecule has 0 saturated carbocycles. The summed E-state index contributed by atoms with van der Waals surface area (Å²) in [5.74, 6) is 2.29. The maximum atomic E-state index is 2.48. The molecule has 1 unspecified atom stereocenters. The zero-order valence-electron chi connectivity index (χ0n) is 7.99. The first-order chi connectivity index (χ1) is 4.36. The van der Waals surface area contributed by atoms with Gasteiger partial charge in [0.05, 0.1) is 0 Å². The first-order valence-corrected chi connectivity index (χ1v) is 11.8. The second-order valence-electron chi connectivity index (χ2n) is 5.08.